The SMILES string of the molecule is CC/C=C\C/C=C\C/C=C\C/C=C\C/C=C\C/C=C\CCCCCCCCCCCCC(=O)OC(COC(=O)CCCCCCCCC/C=C\C/C=C\C/C=C\CC)COP(=O)(O)OCCN. The Hall–Kier alpha value is -3.33. The fraction of sp³-hybridized carbons (Fsp3) is 0.649. The molecule has 0 saturated heterocycles. The van der Waals surface area contributed by atoms with Crippen molar-refractivity contribution in [1.29, 1.82) is 0 Å². The number of unbranched alkanes of at least 4 members (excludes halogenated alkanes) is 17. The molecule has 3 N–H and O–H groups in total. The Labute approximate surface area is 409 Å². The second-order valence-electron chi connectivity index (χ2n) is 17.0. The Morgan fingerprint density at radius 1 is 0.448 bits per heavy atom. The molecule has 0 aliphatic heterocycles. The van der Waals surface area contributed by atoms with Crippen LogP contribution in [0.1, 0.15) is 206 Å². The highest BCUT2D eigenvalue weighted by Gasteiger charge is 2.26. The molecule has 0 rings (SSSR count). The van der Waals surface area contributed by atoms with E-state index in [1.165, 1.54) is 57.8 Å². The zero-order valence-corrected chi connectivity index (χ0v) is 43.2. The first-order valence-electron chi connectivity index (χ1n) is 26.4. The van der Waals surface area contributed by atoms with Crippen LogP contribution in [0.3, 0.4) is 0 Å². The van der Waals surface area contributed by atoms with E-state index in [9.17, 15) is 19.0 Å². The van der Waals surface area contributed by atoms with Gasteiger partial charge >= 0.3 is 19.8 Å². The van der Waals surface area contributed by atoms with E-state index in [0.29, 0.717) is 6.42 Å². The van der Waals surface area contributed by atoms with Gasteiger partial charge in [-0.05, 0) is 96.3 Å². The minimum atomic E-state index is -4.39. The molecule has 0 bridgehead atoms. The third kappa shape index (κ3) is 51.9. The first kappa shape index (κ1) is 63.7. The predicted molar refractivity (Wildman–Crippen MR) is 284 cm³/mol. The van der Waals surface area contributed by atoms with E-state index in [4.69, 9.17) is 24.3 Å². The van der Waals surface area contributed by atoms with Gasteiger partial charge in [0.25, 0.3) is 0 Å². The summed E-state index contributed by atoms with van der Waals surface area (Å²) in [5.41, 5.74) is 5.37. The molecule has 0 saturated carbocycles. The lowest BCUT2D eigenvalue weighted by Gasteiger charge is -2.19. The molecule has 0 aliphatic rings. The van der Waals surface area contributed by atoms with E-state index in [1.807, 2.05) is 0 Å². The molecule has 0 aromatic carbocycles. The molecule has 9 nitrogen and oxygen atoms in total. The van der Waals surface area contributed by atoms with Gasteiger partial charge in [0.05, 0.1) is 13.2 Å². The lowest BCUT2D eigenvalue weighted by atomic mass is 10.0. The van der Waals surface area contributed by atoms with E-state index >= 15 is 0 Å². The molecule has 0 amide bonds. The fourth-order valence-corrected chi connectivity index (χ4v) is 7.59. The highest BCUT2D eigenvalue weighted by molar-refractivity contribution is 7.47. The topological polar surface area (TPSA) is 134 Å². The van der Waals surface area contributed by atoms with Gasteiger partial charge in [-0.25, -0.2) is 4.57 Å². The maximum Gasteiger partial charge on any atom is 0.472 e. The van der Waals surface area contributed by atoms with Gasteiger partial charge in [-0.2, -0.15) is 0 Å². The summed E-state index contributed by atoms with van der Waals surface area (Å²) in [5, 5.41) is 0. The van der Waals surface area contributed by atoms with Crippen LogP contribution in [0.5, 0.6) is 0 Å². The van der Waals surface area contributed by atoms with Crippen LogP contribution < -0.4 is 5.73 Å². The van der Waals surface area contributed by atoms with Gasteiger partial charge in [0.15, 0.2) is 6.10 Å². The molecule has 67 heavy (non-hydrogen) atoms. The molecule has 2 atom stereocenters. The fourth-order valence-electron chi connectivity index (χ4n) is 6.83. The quantitative estimate of drug-likeness (QED) is 0.0264. The second kappa shape index (κ2) is 52.0. The Bertz CT molecular complexity index is 1460. The van der Waals surface area contributed by atoms with Crippen LogP contribution in [0.25, 0.3) is 0 Å². The highest BCUT2D eigenvalue weighted by atomic mass is 31.2. The zero-order valence-electron chi connectivity index (χ0n) is 42.3. The van der Waals surface area contributed by atoms with E-state index in [0.717, 1.165) is 116 Å². The van der Waals surface area contributed by atoms with E-state index in [2.05, 4.69) is 123 Å². The molecule has 382 valence electrons. The molecule has 0 aromatic rings. The largest absolute Gasteiger partial charge is 0.472 e. The van der Waals surface area contributed by atoms with Crippen molar-refractivity contribution < 1.29 is 37.6 Å². The average molecular weight is 954 g/mol. The van der Waals surface area contributed by atoms with E-state index < -0.39 is 32.5 Å². The summed E-state index contributed by atoms with van der Waals surface area (Å²) in [6, 6.07) is 0. The number of hydrogen-bond donors (Lipinski definition) is 2. The van der Waals surface area contributed by atoms with Crippen molar-refractivity contribution in [2.45, 2.75) is 213 Å². The summed E-state index contributed by atoms with van der Waals surface area (Å²) in [6.45, 7) is 3.49. The Morgan fingerprint density at radius 3 is 1.15 bits per heavy atom. The van der Waals surface area contributed by atoms with Crippen LogP contribution in [-0.4, -0.2) is 49.3 Å². The smallest absolute Gasteiger partial charge is 0.462 e. The molecule has 0 aromatic heterocycles. The first-order valence-corrected chi connectivity index (χ1v) is 27.9. The minimum absolute atomic E-state index is 0.0456. The summed E-state index contributed by atoms with van der Waals surface area (Å²) in [5.74, 6) is -0.851. The van der Waals surface area contributed by atoms with Crippen molar-refractivity contribution in [1.82, 2.24) is 0 Å². The zero-order chi connectivity index (χ0) is 48.8. The Morgan fingerprint density at radius 2 is 0.776 bits per heavy atom. The normalized spacial score (nSPS) is 14.0. The van der Waals surface area contributed by atoms with Gasteiger partial charge in [0.1, 0.15) is 6.61 Å². The Balaban J connectivity index is 4.05. The van der Waals surface area contributed by atoms with Crippen molar-refractivity contribution in [2.24, 2.45) is 5.73 Å². The van der Waals surface area contributed by atoms with Crippen molar-refractivity contribution in [3.05, 3.63) is 109 Å². The monoisotopic (exact) mass is 954 g/mol. The summed E-state index contributed by atoms with van der Waals surface area (Å²) >= 11 is 0. The number of carbonyl (C=O) groups is 2. The van der Waals surface area contributed by atoms with Crippen LogP contribution in [0, 0.1) is 0 Å². The van der Waals surface area contributed by atoms with Crippen molar-refractivity contribution >= 4 is 19.8 Å². The van der Waals surface area contributed by atoms with Crippen LogP contribution in [0.2, 0.25) is 0 Å². The van der Waals surface area contributed by atoms with E-state index in [1.54, 1.807) is 0 Å². The molecule has 0 radical (unpaired) electrons. The first-order chi connectivity index (χ1) is 32.8. The van der Waals surface area contributed by atoms with Gasteiger partial charge in [0, 0.05) is 19.4 Å². The van der Waals surface area contributed by atoms with Gasteiger partial charge in [-0.15, -0.1) is 0 Å². The number of ether oxygens (including phenoxy) is 2. The van der Waals surface area contributed by atoms with Crippen LogP contribution in [0.4, 0.5) is 0 Å². The number of hydrogen-bond acceptors (Lipinski definition) is 8. The van der Waals surface area contributed by atoms with Crippen LogP contribution in [-0.2, 0) is 32.7 Å². The number of carbonyl (C=O) groups excluding carboxylic acids is 2. The summed E-state index contributed by atoms with van der Waals surface area (Å²) in [7, 11) is -4.39. The summed E-state index contributed by atoms with van der Waals surface area (Å²) in [6.07, 6.45) is 69.8. The number of phosphoric acid groups is 1. The lowest BCUT2D eigenvalue weighted by Crippen LogP contribution is -2.29. The number of nitrogens with two attached hydrogens (primary N) is 1. The third-order valence-electron chi connectivity index (χ3n) is 10.7. The van der Waals surface area contributed by atoms with Crippen molar-refractivity contribution in [3.63, 3.8) is 0 Å². The van der Waals surface area contributed by atoms with Gasteiger partial charge in [-0.1, -0.05) is 207 Å². The number of esters is 2. The van der Waals surface area contributed by atoms with Gasteiger partial charge in [-0.3, -0.25) is 18.6 Å². The lowest BCUT2D eigenvalue weighted by molar-refractivity contribution is -0.161. The maximum absolute atomic E-state index is 12.7. The average Bonchev–Trinajstić information content (AvgIpc) is 3.32. The molecular formula is C57H96NO8P. The van der Waals surface area contributed by atoms with Crippen molar-refractivity contribution in [3.8, 4) is 0 Å². The molecule has 0 heterocycles. The van der Waals surface area contributed by atoms with E-state index in [-0.39, 0.29) is 32.6 Å². The number of allylic oxidation sites excluding steroid dienone is 18. The second-order valence-corrected chi connectivity index (χ2v) is 18.4. The molecular weight excluding hydrogens is 858 g/mol. The van der Waals surface area contributed by atoms with Crippen LogP contribution in [0.15, 0.2) is 109 Å². The number of rotatable bonds is 48. The number of phosphoric ester groups is 1. The standard InChI is InChI=1S/C57H96NO8P/c1-3-5-7-9-11-13-15-17-19-21-22-23-24-25-26-27-28-29-30-31-32-34-36-38-40-42-44-46-48-50-57(60)66-55(54-65-67(61,62)64-52-51-58)53-63-56(59)49-47-45-43-41-39-37-35-33-20-18-16-14-12-10-8-6-4-2/h5-8,11-14,17-20,22-23,25-26,28-29,55H,3-4,9-10,15-16,21,24,27,30-54,58H2,1-2H3,(H,61,62)/b7-5-,8-6-,13-11-,14-12-,19-17-,20-18-,23-22-,26-25-,29-28-. The van der Waals surface area contributed by atoms with Crippen molar-refractivity contribution in [2.75, 3.05) is 26.4 Å². The molecule has 0 spiro atoms. The molecule has 0 fully saturated rings. The molecule has 0 aliphatic carbocycles. The van der Waals surface area contributed by atoms with Gasteiger partial charge in [0.2, 0.25) is 0 Å². The summed E-state index contributed by atoms with van der Waals surface area (Å²) < 4.78 is 32.9. The molecule has 10 heteroatoms. The predicted octanol–water partition coefficient (Wildman–Crippen LogP) is 16.3. The minimum Gasteiger partial charge on any atom is -0.462 e. The van der Waals surface area contributed by atoms with Crippen LogP contribution >= 0.6 is 7.82 Å². The van der Waals surface area contributed by atoms with Gasteiger partial charge < -0.3 is 20.1 Å². The third-order valence-corrected chi connectivity index (χ3v) is 11.6. The molecule has 2 unspecified atom stereocenters. The summed E-state index contributed by atoms with van der Waals surface area (Å²) in [4.78, 5) is 35.1. The highest BCUT2D eigenvalue weighted by Crippen LogP contribution is 2.43. The Kier molecular flexibility index (Phi) is 49.5. The maximum atomic E-state index is 12.7.